The molecular weight excluding hydrogens is 596 g/mol. The fraction of sp³-hybridized carbons (Fsp3) is 0.647. The normalized spacial score (nSPS) is 26.3. The number of phosphoric acid groups is 1. The van der Waals surface area contributed by atoms with E-state index in [0.717, 1.165) is 23.8 Å². The molecule has 0 aliphatic carbocycles. The number of aliphatic hydroxyl groups is 7. The van der Waals surface area contributed by atoms with Gasteiger partial charge in [0.1, 0.15) is 42.8 Å². The standard InChI is InChI=1S/C9H12N2O6.C8H17NO12P2/c12-3-4-6(14)7(15)8(17-4)11-2-1-5(13)10-9(11)16;1-4(12)9-5(2-10)6(13)7(14)8(15,3-11)22(16,17)21-23(18,19)20/h1-2,4,6-8,12,14-15H,3H2,(H,10,13,16);2,5-7,11,13-15H,3H2,1H3,(H,9,12)(H,16,17)(H2,18,19,20)/t4-,6-,7-,8-;5-,6+,7+,8-/m10/s1. The zero-order chi connectivity index (χ0) is 31.2. The number of aliphatic hydroxyl groups excluding tert-OH is 6. The number of nitrogens with zero attached hydrogens (tertiary/aromatic N) is 1. The van der Waals surface area contributed by atoms with Gasteiger partial charge in [0, 0.05) is 19.2 Å². The minimum absolute atomic E-state index is 0.0841. The Kier molecular flexibility index (Phi) is 12.6. The number of aromatic nitrogens is 2. The molecule has 0 bridgehead atoms. The smallest absolute Gasteiger partial charge is 0.394 e. The van der Waals surface area contributed by atoms with E-state index in [0.29, 0.717) is 0 Å². The van der Waals surface area contributed by atoms with Crippen molar-refractivity contribution in [1.29, 1.82) is 0 Å². The molecule has 1 saturated heterocycles. The zero-order valence-electron chi connectivity index (χ0n) is 20.3. The lowest BCUT2D eigenvalue weighted by Gasteiger charge is -2.37. The van der Waals surface area contributed by atoms with Gasteiger partial charge in [-0.2, -0.15) is 0 Å². The molecule has 0 radical (unpaired) electrons. The fourth-order valence-electron chi connectivity index (χ4n) is 3.21. The molecular formula is C17H29N3O18P2. The monoisotopic (exact) mass is 625 g/mol. The lowest BCUT2D eigenvalue weighted by Crippen LogP contribution is -2.58. The Morgan fingerprint density at radius 2 is 1.80 bits per heavy atom. The Morgan fingerprint density at radius 1 is 1.23 bits per heavy atom. The number of ether oxygens (including phenoxy) is 1. The molecule has 1 amide bonds. The molecule has 40 heavy (non-hydrogen) atoms. The van der Waals surface area contributed by atoms with E-state index in [1.165, 1.54) is 0 Å². The SMILES string of the molecule is CC(=O)N[C@@H](C=O)[C@@H](O)[C@@H](O)[C@](O)(CO)P(=O)(O)OP(=O)(O)O.O=c1ccn([C@@H]2O[C@H](CO)[C@@H](O)[C@H]2O)c(=O)[nH]1. The van der Waals surface area contributed by atoms with E-state index < -0.39 is 93.9 Å². The summed E-state index contributed by atoms with van der Waals surface area (Å²) in [6.07, 6.45) is -8.90. The lowest BCUT2D eigenvalue weighted by molar-refractivity contribution is -0.136. The van der Waals surface area contributed by atoms with E-state index in [2.05, 4.69) is 4.31 Å². The largest absolute Gasteiger partial charge is 0.476 e. The van der Waals surface area contributed by atoms with Gasteiger partial charge in [-0.15, -0.1) is 0 Å². The van der Waals surface area contributed by atoms with Crippen LogP contribution in [0.3, 0.4) is 0 Å². The number of carbonyl (C=O) groups is 2. The van der Waals surface area contributed by atoms with E-state index in [1.807, 2.05) is 10.3 Å². The Balaban J connectivity index is 0.000000415. The summed E-state index contributed by atoms with van der Waals surface area (Å²) < 4.78 is 31.9. The molecule has 1 aromatic rings. The van der Waals surface area contributed by atoms with Crippen molar-refractivity contribution < 1.29 is 78.2 Å². The summed E-state index contributed by atoms with van der Waals surface area (Å²) >= 11 is 0. The summed E-state index contributed by atoms with van der Waals surface area (Å²) in [5, 5.41) is 64.6. The Bertz CT molecular complexity index is 1230. The number of aldehydes is 1. The van der Waals surface area contributed by atoms with Crippen molar-refractivity contribution in [3.8, 4) is 0 Å². The van der Waals surface area contributed by atoms with Crippen LogP contribution in [0.15, 0.2) is 21.9 Å². The van der Waals surface area contributed by atoms with E-state index in [9.17, 15) is 58.7 Å². The number of rotatable bonds is 11. The summed E-state index contributed by atoms with van der Waals surface area (Å²) in [5.41, 5.74) is -1.33. The molecule has 1 aliphatic rings. The molecule has 230 valence electrons. The highest BCUT2D eigenvalue weighted by atomic mass is 31.3. The third-order valence-corrected chi connectivity index (χ3v) is 8.38. The van der Waals surface area contributed by atoms with Crippen LogP contribution in [0.25, 0.3) is 0 Å². The summed E-state index contributed by atoms with van der Waals surface area (Å²) in [6, 6.07) is -0.772. The molecule has 0 aromatic carbocycles. The number of hydrogen-bond donors (Lipinski definition) is 12. The van der Waals surface area contributed by atoms with Gasteiger partial charge < -0.3 is 65.3 Å². The molecule has 23 heteroatoms. The van der Waals surface area contributed by atoms with Crippen molar-refractivity contribution in [2.45, 2.75) is 55.1 Å². The molecule has 9 atom stereocenters. The fourth-order valence-corrected chi connectivity index (χ4v) is 5.59. The summed E-state index contributed by atoms with van der Waals surface area (Å²) in [5.74, 6) is -0.848. The quantitative estimate of drug-likeness (QED) is 0.0803. The van der Waals surface area contributed by atoms with Gasteiger partial charge in [0.25, 0.3) is 5.56 Å². The second-order valence-electron chi connectivity index (χ2n) is 8.17. The average Bonchev–Trinajstić information content (AvgIpc) is 3.13. The Morgan fingerprint density at radius 3 is 2.20 bits per heavy atom. The van der Waals surface area contributed by atoms with Gasteiger partial charge in [0.15, 0.2) is 6.23 Å². The summed E-state index contributed by atoms with van der Waals surface area (Å²) in [7, 11) is -11.5. The first-order valence-electron chi connectivity index (χ1n) is 10.7. The van der Waals surface area contributed by atoms with Crippen molar-refractivity contribution in [2.24, 2.45) is 0 Å². The topological polar surface area (TPSA) is 356 Å². The van der Waals surface area contributed by atoms with Gasteiger partial charge in [-0.3, -0.25) is 23.7 Å². The van der Waals surface area contributed by atoms with Gasteiger partial charge in [-0.05, 0) is 0 Å². The van der Waals surface area contributed by atoms with Crippen molar-refractivity contribution in [1.82, 2.24) is 14.9 Å². The zero-order valence-corrected chi connectivity index (χ0v) is 22.1. The molecule has 0 spiro atoms. The van der Waals surface area contributed by atoms with Gasteiger partial charge in [0.2, 0.25) is 11.2 Å². The van der Waals surface area contributed by atoms with Crippen LogP contribution in [0.1, 0.15) is 13.2 Å². The molecule has 21 nitrogen and oxygen atoms in total. The molecule has 1 aliphatic heterocycles. The molecule has 1 fully saturated rings. The molecule has 2 rings (SSSR count). The van der Waals surface area contributed by atoms with Crippen LogP contribution in [0, 0.1) is 0 Å². The van der Waals surface area contributed by atoms with Crippen molar-refractivity contribution in [2.75, 3.05) is 13.2 Å². The van der Waals surface area contributed by atoms with Crippen LogP contribution in [-0.2, 0) is 27.8 Å². The first kappa shape index (κ1) is 35.8. The Hall–Kier alpha value is -2.20. The van der Waals surface area contributed by atoms with Gasteiger partial charge in [-0.1, -0.05) is 0 Å². The first-order valence-corrected chi connectivity index (χ1v) is 13.8. The molecule has 0 saturated carbocycles. The predicted molar refractivity (Wildman–Crippen MR) is 125 cm³/mol. The number of carbonyl (C=O) groups excluding carboxylic acids is 2. The minimum Gasteiger partial charge on any atom is -0.394 e. The van der Waals surface area contributed by atoms with E-state index in [1.54, 1.807) is 0 Å². The highest BCUT2D eigenvalue weighted by molar-refractivity contribution is 7.64. The number of nitrogens with one attached hydrogen (secondary N) is 2. The number of aromatic amines is 1. The maximum atomic E-state index is 11.7. The highest BCUT2D eigenvalue weighted by Crippen LogP contribution is 2.64. The highest BCUT2D eigenvalue weighted by Gasteiger charge is 2.58. The molecule has 1 unspecified atom stereocenters. The lowest BCUT2D eigenvalue weighted by atomic mass is 10.0. The van der Waals surface area contributed by atoms with Gasteiger partial charge in [0.05, 0.1) is 13.2 Å². The van der Waals surface area contributed by atoms with Crippen LogP contribution in [-0.4, -0.2) is 127 Å². The van der Waals surface area contributed by atoms with Crippen LogP contribution in [0.2, 0.25) is 0 Å². The van der Waals surface area contributed by atoms with Crippen molar-refractivity contribution in [3.05, 3.63) is 33.1 Å². The second-order valence-corrected chi connectivity index (χ2v) is 11.6. The van der Waals surface area contributed by atoms with Crippen LogP contribution in [0.4, 0.5) is 0 Å². The number of amides is 1. The van der Waals surface area contributed by atoms with E-state index in [-0.39, 0.29) is 6.29 Å². The van der Waals surface area contributed by atoms with Crippen LogP contribution >= 0.6 is 15.4 Å². The maximum absolute atomic E-state index is 11.7. The molecule has 12 N–H and O–H groups in total. The molecule has 1 aromatic heterocycles. The first-order chi connectivity index (χ1) is 18.3. The average molecular weight is 625 g/mol. The van der Waals surface area contributed by atoms with E-state index >= 15 is 0 Å². The predicted octanol–water partition coefficient (Wildman–Crippen LogP) is -6.46. The number of H-pyrrole nitrogens is 1. The van der Waals surface area contributed by atoms with Gasteiger partial charge in [-0.25, -0.2) is 13.7 Å². The van der Waals surface area contributed by atoms with Crippen LogP contribution in [0.5, 0.6) is 0 Å². The van der Waals surface area contributed by atoms with Crippen molar-refractivity contribution in [3.63, 3.8) is 0 Å². The van der Waals surface area contributed by atoms with Crippen molar-refractivity contribution >= 4 is 27.6 Å². The van der Waals surface area contributed by atoms with E-state index in [4.69, 9.17) is 24.7 Å². The maximum Gasteiger partial charge on any atom is 0.476 e. The minimum atomic E-state index is -5.83. The summed E-state index contributed by atoms with van der Waals surface area (Å²) in [6.45, 7) is -1.33. The number of hydrogen-bond acceptors (Lipinski definition) is 15. The third-order valence-electron chi connectivity index (χ3n) is 5.26. The summed E-state index contributed by atoms with van der Waals surface area (Å²) in [4.78, 5) is 72.3. The molecule has 2 heterocycles. The third kappa shape index (κ3) is 8.65. The van der Waals surface area contributed by atoms with Crippen LogP contribution < -0.4 is 16.6 Å². The second kappa shape index (κ2) is 14.1. The Labute approximate surface area is 222 Å². The van der Waals surface area contributed by atoms with Gasteiger partial charge >= 0.3 is 21.1 Å².